The molecule has 0 atom stereocenters. The van der Waals surface area contributed by atoms with Crippen molar-refractivity contribution in [1.82, 2.24) is 25.5 Å². The predicted molar refractivity (Wildman–Crippen MR) is 44.3 cm³/mol. The van der Waals surface area contributed by atoms with E-state index in [9.17, 15) is 0 Å². The third-order valence-electron chi connectivity index (χ3n) is 1.83. The van der Waals surface area contributed by atoms with Gasteiger partial charge >= 0.3 is 0 Å². The molecule has 5 heteroatoms. The summed E-state index contributed by atoms with van der Waals surface area (Å²) in [6, 6.07) is 0. The summed E-state index contributed by atoms with van der Waals surface area (Å²) >= 11 is 0. The molecule has 0 aromatic carbocycles. The number of nitrogens with zero attached hydrogens (tertiary/aromatic N) is 4. The van der Waals surface area contributed by atoms with Crippen molar-refractivity contribution in [2.45, 2.75) is 6.42 Å². The lowest BCUT2D eigenvalue weighted by atomic mass is 10.2. The second-order valence-corrected chi connectivity index (χ2v) is 2.87. The third-order valence-corrected chi connectivity index (χ3v) is 1.83. The van der Waals surface area contributed by atoms with Gasteiger partial charge in [0.05, 0.1) is 7.05 Å². The molecule has 0 amide bonds. The number of tetrazole rings is 1. The maximum Gasteiger partial charge on any atom is 0.197 e. The van der Waals surface area contributed by atoms with Crippen LogP contribution >= 0.6 is 0 Å². The molecule has 1 aromatic heterocycles. The zero-order valence-corrected chi connectivity index (χ0v) is 6.99. The fraction of sp³-hybridized carbons (Fsp3) is 0.571. The number of nitrogens with one attached hydrogen (secondary N) is 1. The zero-order chi connectivity index (χ0) is 8.39. The summed E-state index contributed by atoms with van der Waals surface area (Å²) in [6.07, 6.45) is 3.09. The molecule has 0 aliphatic carbocycles. The van der Waals surface area contributed by atoms with Crippen LogP contribution in [0.5, 0.6) is 0 Å². The van der Waals surface area contributed by atoms with E-state index in [1.54, 1.807) is 7.05 Å². The van der Waals surface area contributed by atoms with Crippen LogP contribution in [0.15, 0.2) is 5.57 Å². The first-order chi connectivity index (χ1) is 5.84. The van der Waals surface area contributed by atoms with Crippen molar-refractivity contribution in [2.75, 3.05) is 13.1 Å². The second kappa shape index (κ2) is 3.02. The Balaban J connectivity index is 2.15. The monoisotopic (exact) mass is 165 g/mol. The van der Waals surface area contributed by atoms with Crippen LogP contribution in [0.1, 0.15) is 12.2 Å². The van der Waals surface area contributed by atoms with Gasteiger partial charge in [-0.3, -0.25) is 0 Å². The molecule has 1 aliphatic heterocycles. The van der Waals surface area contributed by atoms with Gasteiger partial charge in [0.2, 0.25) is 0 Å². The molecule has 1 fully saturated rings. The van der Waals surface area contributed by atoms with Crippen molar-refractivity contribution in [1.29, 1.82) is 0 Å². The molecular weight excluding hydrogens is 154 g/mol. The molecule has 1 N–H and O–H groups in total. The number of aryl methyl sites for hydroxylation is 1. The van der Waals surface area contributed by atoms with Gasteiger partial charge in [-0.25, -0.2) is 0 Å². The van der Waals surface area contributed by atoms with Gasteiger partial charge < -0.3 is 5.32 Å². The SMILES string of the molecule is Cn1nnc(/C=C2/CCNC2)n1. The largest absolute Gasteiger partial charge is 0.313 e. The normalized spacial score (nSPS) is 20.6. The zero-order valence-electron chi connectivity index (χ0n) is 6.99. The third kappa shape index (κ3) is 1.50. The summed E-state index contributed by atoms with van der Waals surface area (Å²) in [7, 11) is 1.77. The smallest absolute Gasteiger partial charge is 0.197 e. The molecule has 0 bridgehead atoms. The highest BCUT2D eigenvalue weighted by atomic mass is 15.6. The molecule has 2 rings (SSSR count). The predicted octanol–water partition coefficient (Wildman–Crippen LogP) is -0.413. The number of rotatable bonds is 1. The molecule has 12 heavy (non-hydrogen) atoms. The van der Waals surface area contributed by atoms with Crippen molar-refractivity contribution >= 4 is 6.08 Å². The van der Waals surface area contributed by atoms with Crippen LogP contribution in [-0.2, 0) is 7.05 Å². The van der Waals surface area contributed by atoms with E-state index in [-0.39, 0.29) is 0 Å². The number of hydrogen-bond donors (Lipinski definition) is 1. The van der Waals surface area contributed by atoms with Crippen molar-refractivity contribution in [3.05, 3.63) is 11.4 Å². The molecule has 5 nitrogen and oxygen atoms in total. The Labute approximate surface area is 70.5 Å². The first-order valence-corrected chi connectivity index (χ1v) is 3.99. The van der Waals surface area contributed by atoms with E-state index in [0.29, 0.717) is 5.82 Å². The van der Waals surface area contributed by atoms with Gasteiger partial charge in [-0.2, -0.15) is 4.80 Å². The summed E-state index contributed by atoms with van der Waals surface area (Å²) < 4.78 is 0. The average molecular weight is 165 g/mol. The second-order valence-electron chi connectivity index (χ2n) is 2.87. The first-order valence-electron chi connectivity index (χ1n) is 3.99. The minimum atomic E-state index is 0.705. The quantitative estimate of drug-likeness (QED) is 0.614. The molecular formula is C7H11N5. The van der Waals surface area contributed by atoms with Crippen LogP contribution in [0.2, 0.25) is 0 Å². The molecule has 1 saturated heterocycles. The lowest BCUT2D eigenvalue weighted by Crippen LogP contribution is -2.04. The van der Waals surface area contributed by atoms with Gasteiger partial charge in [0.25, 0.3) is 0 Å². The van der Waals surface area contributed by atoms with Gasteiger partial charge in [-0.15, -0.1) is 10.2 Å². The van der Waals surface area contributed by atoms with Crippen LogP contribution < -0.4 is 5.32 Å². The van der Waals surface area contributed by atoms with Crippen molar-refractivity contribution in [2.24, 2.45) is 7.05 Å². The van der Waals surface area contributed by atoms with E-state index in [1.807, 2.05) is 6.08 Å². The minimum Gasteiger partial charge on any atom is -0.313 e. The fourth-order valence-electron chi connectivity index (χ4n) is 1.25. The topological polar surface area (TPSA) is 55.6 Å². The standard InChI is InChI=1S/C7H11N5/c1-12-10-7(9-11-12)4-6-2-3-8-5-6/h4,8H,2-3,5H2,1H3/b6-4-. The lowest BCUT2D eigenvalue weighted by Gasteiger charge is -1.88. The van der Waals surface area contributed by atoms with Crippen LogP contribution in [0, 0.1) is 0 Å². The summed E-state index contributed by atoms with van der Waals surface area (Å²) in [5, 5.41) is 14.9. The van der Waals surface area contributed by atoms with Gasteiger partial charge in [0.1, 0.15) is 0 Å². The van der Waals surface area contributed by atoms with Gasteiger partial charge in [0, 0.05) is 6.54 Å². The summed E-state index contributed by atoms with van der Waals surface area (Å²) in [5.41, 5.74) is 1.35. The Morgan fingerprint density at radius 1 is 1.58 bits per heavy atom. The van der Waals surface area contributed by atoms with Crippen molar-refractivity contribution in [3.63, 3.8) is 0 Å². The highest BCUT2D eigenvalue weighted by Gasteiger charge is 2.06. The Morgan fingerprint density at radius 3 is 3.08 bits per heavy atom. The van der Waals surface area contributed by atoms with Crippen LogP contribution in [0.3, 0.4) is 0 Å². The Bertz CT molecular complexity index is 293. The first kappa shape index (κ1) is 7.42. The fourth-order valence-corrected chi connectivity index (χ4v) is 1.25. The highest BCUT2D eigenvalue weighted by Crippen LogP contribution is 2.08. The average Bonchev–Trinajstić information content (AvgIpc) is 2.63. The Hall–Kier alpha value is -1.23. The number of aromatic nitrogens is 4. The molecule has 0 saturated carbocycles. The molecule has 0 radical (unpaired) electrons. The van der Waals surface area contributed by atoms with Crippen molar-refractivity contribution < 1.29 is 0 Å². The molecule has 2 heterocycles. The Kier molecular flexibility index (Phi) is 1.87. The molecule has 1 aromatic rings. The maximum absolute atomic E-state index is 4.06. The molecule has 1 aliphatic rings. The van der Waals surface area contributed by atoms with Gasteiger partial charge in [-0.1, -0.05) is 5.57 Å². The van der Waals surface area contributed by atoms with E-state index in [4.69, 9.17) is 0 Å². The van der Waals surface area contributed by atoms with Crippen LogP contribution in [0.4, 0.5) is 0 Å². The lowest BCUT2D eigenvalue weighted by molar-refractivity contribution is 0.629. The molecule has 0 unspecified atom stereocenters. The van der Waals surface area contributed by atoms with Gasteiger partial charge in [0.15, 0.2) is 5.82 Å². The highest BCUT2D eigenvalue weighted by molar-refractivity contribution is 5.45. The van der Waals surface area contributed by atoms with Gasteiger partial charge in [-0.05, 0) is 24.3 Å². The minimum absolute atomic E-state index is 0.705. The van der Waals surface area contributed by atoms with Crippen LogP contribution in [-0.4, -0.2) is 33.3 Å². The summed E-state index contributed by atoms with van der Waals surface area (Å²) in [5.74, 6) is 0.705. The van der Waals surface area contributed by atoms with E-state index < -0.39 is 0 Å². The van der Waals surface area contributed by atoms with E-state index in [0.717, 1.165) is 19.5 Å². The summed E-state index contributed by atoms with van der Waals surface area (Å²) in [4.78, 5) is 1.47. The Morgan fingerprint density at radius 2 is 2.50 bits per heavy atom. The maximum atomic E-state index is 4.06. The molecule has 64 valence electrons. The molecule has 0 spiro atoms. The van der Waals surface area contributed by atoms with Crippen LogP contribution in [0.25, 0.3) is 6.08 Å². The van der Waals surface area contributed by atoms with E-state index in [2.05, 4.69) is 20.7 Å². The van der Waals surface area contributed by atoms with E-state index >= 15 is 0 Å². The number of hydrogen-bond acceptors (Lipinski definition) is 4. The van der Waals surface area contributed by atoms with E-state index in [1.165, 1.54) is 10.4 Å². The summed E-state index contributed by atoms with van der Waals surface area (Å²) in [6.45, 7) is 2.02. The van der Waals surface area contributed by atoms with Crippen molar-refractivity contribution in [3.8, 4) is 0 Å².